The third-order valence-electron chi connectivity index (χ3n) is 2.13. The number of benzene rings is 1. The van der Waals surface area contributed by atoms with Gasteiger partial charge in [-0.05, 0) is 63.9 Å². The Hall–Kier alpha value is -0.430. The van der Waals surface area contributed by atoms with E-state index in [0.29, 0.717) is 24.7 Å². The smallest absolute Gasteiger partial charge is 0.151 e. The van der Waals surface area contributed by atoms with E-state index in [1.807, 2.05) is 13.8 Å². The third-order valence-corrected chi connectivity index (χ3v) is 3.61. The molecule has 0 saturated carbocycles. The van der Waals surface area contributed by atoms with Crippen molar-refractivity contribution in [3.05, 3.63) is 31.6 Å². The van der Waals surface area contributed by atoms with Crippen molar-refractivity contribution in [2.45, 2.75) is 13.8 Å². The molecule has 0 amide bonds. The fraction of sp³-hybridized carbons (Fsp3) is 0.357. The average molecular weight is 476 g/mol. The van der Waals surface area contributed by atoms with Gasteiger partial charge in [-0.2, -0.15) is 0 Å². The first-order valence-corrected chi connectivity index (χ1v) is 8.63. The molecule has 1 aromatic rings. The van der Waals surface area contributed by atoms with Gasteiger partial charge in [-0.1, -0.05) is 28.4 Å². The van der Waals surface area contributed by atoms with E-state index in [2.05, 4.69) is 37.0 Å². The summed E-state index contributed by atoms with van der Waals surface area (Å²) >= 11 is 17.9. The Morgan fingerprint density at radius 1 is 1.14 bits per heavy atom. The van der Waals surface area contributed by atoms with E-state index in [-0.39, 0.29) is 11.1 Å². The zero-order valence-electron chi connectivity index (χ0n) is 12.0. The van der Waals surface area contributed by atoms with Gasteiger partial charge < -0.3 is 14.3 Å². The normalized spacial score (nSPS) is 9.91. The second-order valence-corrected chi connectivity index (χ2v) is 6.96. The lowest BCUT2D eigenvalue weighted by molar-refractivity contribution is 0.106. The van der Waals surface area contributed by atoms with Crippen LogP contribution >= 0.6 is 55.1 Å². The maximum Gasteiger partial charge on any atom is 0.151 e. The van der Waals surface area contributed by atoms with Crippen LogP contribution in [0.3, 0.4) is 0 Å². The molecular weight excluding hydrogens is 461 g/mol. The molecule has 22 heavy (non-hydrogen) atoms. The minimum absolute atomic E-state index is 0.169. The van der Waals surface area contributed by atoms with Crippen molar-refractivity contribution >= 4 is 60.8 Å². The van der Waals surface area contributed by atoms with E-state index in [1.165, 1.54) is 0 Å². The molecule has 122 valence electrons. The van der Waals surface area contributed by atoms with Crippen LogP contribution in [0.25, 0.3) is 0 Å². The molecule has 0 fully saturated rings. The minimum Gasteiger partial charge on any atom is -0.489 e. The van der Waals surface area contributed by atoms with Gasteiger partial charge in [-0.3, -0.25) is 0 Å². The predicted octanol–water partition coefficient (Wildman–Crippen LogP) is 5.70. The summed E-state index contributed by atoms with van der Waals surface area (Å²) in [4.78, 5) is 5.07. The molecule has 1 aromatic carbocycles. The predicted molar refractivity (Wildman–Crippen MR) is 97.4 cm³/mol. The fourth-order valence-corrected chi connectivity index (χ4v) is 2.81. The van der Waals surface area contributed by atoms with Gasteiger partial charge in [0.05, 0.1) is 14.7 Å². The monoisotopic (exact) mass is 473 g/mol. The summed E-state index contributed by atoms with van der Waals surface area (Å²) in [5, 5.41) is 3.83. The first kappa shape index (κ1) is 19.6. The highest BCUT2D eigenvalue weighted by Gasteiger charge is 2.10. The van der Waals surface area contributed by atoms with Crippen LogP contribution in [0.15, 0.2) is 36.8 Å². The van der Waals surface area contributed by atoms with Crippen molar-refractivity contribution in [3.8, 4) is 11.5 Å². The Morgan fingerprint density at radius 2 is 1.77 bits per heavy atom. The lowest BCUT2D eigenvalue weighted by Crippen LogP contribution is -2.06. The molecule has 0 atom stereocenters. The number of hydrogen-bond donors (Lipinski definition) is 0. The van der Waals surface area contributed by atoms with E-state index in [4.69, 9.17) is 37.5 Å². The number of nitrogens with zero attached hydrogens (tertiary/aromatic N) is 1. The number of oxime groups is 1. The molecule has 4 nitrogen and oxygen atoms in total. The maximum absolute atomic E-state index is 5.65. The van der Waals surface area contributed by atoms with E-state index in [9.17, 15) is 0 Å². The molecule has 0 aliphatic carbocycles. The average Bonchev–Trinajstić information content (AvgIpc) is 2.40. The molecular formula is C14H15Br2Cl2NO3. The van der Waals surface area contributed by atoms with Crippen LogP contribution in [0.2, 0.25) is 0 Å². The van der Waals surface area contributed by atoms with Gasteiger partial charge in [0.15, 0.2) is 6.61 Å². The zero-order chi connectivity index (χ0) is 16.5. The molecule has 1 rings (SSSR count). The molecule has 8 heteroatoms. The van der Waals surface area contributed by atoms with Gasteiger partial charge >= 0.3 is 0 Å². The fourth-order valence-electron chi connectivity index (χ4n) is 1.31. The van der Waals surface area contributed by atoms with Gasteiger partial charge in [0.2, 0.25) is 0 Å². The molecule has 0 radical (unpaired) electrons. The Kier molecular flexibility index (Phi) is 9.24. The number of hydrogen-bond acceptors (Lipinski definition) is 4. The lowest BCUT2D eigenvalue weighted by Gasteiger charge is -2.12. The quantitative estimate of drug-likeness (QED) is 0.275. The standard InChI is InChI=1S/C14H15Br2Cl2NO3/c1-9(2)19-22-6-5-21-14-11(15)7-10(8-12(14)16)20-4-3-13(17)18/h3,7-8H,4-6H2,1-2H3. The van der Waals surface area contributed by atoms with E-state index in [0.717, 1.165) is 14.7 Å². The highest BCUT2D eigenvalue weighted by Crippen LogP contribution is 2.37. The Labute approximate surface area is 156 Å². The minimum atomic E-state index is 0.169. The van der Waals surface area contributed by atoms with Crippen molar-refractivity contribution in [2.75, 3.05) is 19.8 Å². The van der Waals surface area contributed by atoms with Crippen molar-refractivity contribution in [2.24, 2.45) is 5.16 Å². The molecule has 0 bridgehead atoms. The summed E-state index contributed by atoms with van der Waals surface area (Å²) in [7, 11) is 0. The summed E-state index contributed by atoms with van der Waals surface area (Å²) in [6, 6.07) is 3.59. The molecule has 0 spiro atoms. The molecule has 0 aliphatic rings. The second kappa shape index (κ2) is 10.4. The van der Waals surface area contributed by atoms with Gasteiger partial charge in [0.25, 0.3) is 0 Å². The Morgan fingerprint density at radius 3 is 2.32 bits per heavy atom. The van der Waals surface area contributed by atoms with Crippen molar-refractivity contribution in [1.29, 1.82) is 0 Å². The molecule has 0 saturated heterocycles. The molecule has 0 heterocycles. The van der Waals surface area contributed by atoms with Crippen LogP contribution in [-0.2, 0) is 4.84 Å². The van der Waals surface area contributed by atoms with E-state index >= 15 is 0 Å². The summed E-state index contributed by atoms with van der Waals surface area (Å²) in [5.74, 6) is 1.32. The molecule has 0 unspecified atom stereocenters. The summed E-state index contributed by atoms with van der Waals surface area (Å²) in [6.45, 7) is 4.74. The highest BCUT2D eigenvalue weighted by atomic mass is 79.9. The Bertz CT molecular complexity index is 534. The highest BCUT2D eigenvalue weighted by molar-refractivity contribution is 9.11. The van der Waals surface area contributed by atoms with Crippen molar-refractivity contribution in [3.63, 3.8) is 0 Å². The van der Waals surface area contributed by atoms with Gasteiger partial charge in [0, 0.05) is 0 Å². The van der Waals surface area contributed by atoms with Gasteiger partial charge in [0.1, 0.15) is 29.2 Å². The third kappa shape index (κ3) is 7.72. The van der Waals surface area contributed by atoms with Crippen molar-refractivity contribution in [1.82, 2.24) is 0 Å². The molecule has 0 aliphatic heterocycles. The molecule has 0 aromatic heterocycles. The van der Waals surface area contributed by atoms with Crippen LogP contribution in [0.4, 0.5) is 0 Å². The second-order valence-electron chi connectivity index (χ2n) is 4.24. The lowest BCUT2D eigenvalue weighted by atomic mass is 10.3. The van der Waals surface area contributed by atoms with Crippen LogP contribution < -0.4 is 9.47 Å². The van der Waals surface area contributed by atoms with Crippen LogP contribution in [0.1, 0.15) is 13.8 Å². The largest absolute Gasteiger partial charge is 0.489 e. The number of halogens is 4. The zero-order valence-corrected chi connectivity index (χ0v) is 16.7. The first-order valence-electron chi connectivity index (χ1n) is 6.29. The summed E-state index contributed by atoms with van der Waals surface area (Å²) in [5.41, 5.74) is 0.856. The Balaban J connectivity index is 2.58. The van der Waals surface area contributed by atoms with Crippen molar-refractivity contribution < 1.29 is 14.3 Å². The SMILES string of the molecule is CC(C)=NOCCOc1c(Br)cc(OCC=C(Cl)Cl)cc1Br. The number of rotatable bonds is 8. The van der Waals surface area contributed by atoms with Gasteiger partial charge in [-0.15, -0.1) is 0 Å². The topological polar surface area (TPSA) is 40.0 Å². The molecule has 0 N–H and O–H groups in total. The summed E-state index contributed by atoms with van der Waals surface area (Å²) < 4.78 is 12.8. The maximum atomic E-state index is 5.65. The van der Waals surface area contributed by atoms with Gasteiger partial charge in [-0.25, -0.2) is 0 Å². The van der Waals surface area contributed by atoms with E-state index < -0.39 is 0 Å². The van der Waals surface area contributed by atoms with Crippen LogP contribution in [0, 0.1) is 0 Å². The summed E-state index contributed by atoms with van der Waals surface area (Å²) in [6.07, 6.45) is 1.56. The van der Waals surface area contributed by atoms with E-state index in [1.54, 1.807) is 18.2 Å². The van der Waals surface area contributed by atoms with Crippen LogP contribution in [-0.4, -0.2) is 25.5 Å². The number of ether oxygens (including phenoxy) is 2. The van der Waals surface area contributed by atoms with Crippen LogP contribution in [0.5, 0.6) is 11.5 Å². The first-order chi connectivity index (χ1) is 10.4.